The summed E-state index contributed by atoms with van der Waals surface area (Å²) in [5, 5.41) is 6.67. The van der Waals surface area contributed by atoms with Crippen molar-refractivity contribution in [2.24, 2.45) is 11.8 Å². The summed E-state index contributed by atoms with van der Waals surface area (Å²) < 4.78 is 29.1. The lowest BCUT2D eigenvalue weighted by Gasteiger charge is -2.09. The zero-order valence-corrected chi connectivity index (χ0v) is 24.2. The molecule has 0 atom stereocenters. The largest absolute Gasteiger partial charge is 0.322 e. The summed E-state index contributed by atoms with van der Waals surface area (Å²) in [4.78, 5) is 0. The third-order valence-electron chi connectivity index (χ3n) is 7.89. The van der Waals surface area contributed by atoms with E-state index in [2.05, 4.69) is 10.6 Å². The smallest absolute Gasteiger partial charge is 0.316 e. The maximum absolute atomic E-state index is 12.0. The standard InChI is InChI=1S/C28H56N2O3S2/c31-35(32,33-25-23-29-21-13-5-1-3-7-15-27-17-9-10-18-27)34-26-24-30-22-14-6-2-4-8-16-28-19-11-12-20-28/h27-30H,1-26H2. The van der Waals surface area contributed by atoms with Gasteiger partial charge in [-0.2, -0.15) is 8.42 Å². The number of nitrogens with one attached hydrogen (secondary N) is 2. The first-order chi connectivity index (χ1) is 17.2. The van der Waals surface area contributed by atoms with Crippen LogP contribution in [0.3, 0.4) is 0 Å². The predicted molar refractivity (Wildman–Crippen MR) is 152 cm³/mol. The molecular formula is C28H56N2O3S2. The Morgan fingerprint density at radius 3 is 1.60 bits per heavy atom. The van der Waals surface area contributed by atoms with Crippen LogP contribution in [0.2, 0.25) is 0 Å². The Morgan fingerprint density at radius 1 is 0.600 bits per heavy atom. The molecule has 5 nitrogen and oxygen atoms in total. The van der Waals surface area contributed by atoms with Crippen LogP contribution < -0.4 is 10.6 Å². The van der Waals surface area contributed by atoms with Crippen molar-refractivity contribution >= 4 is 19.9 Å². The normalized spacial score (nSPS) is 17.6. The van der Waals surface area contributed by atoms with Crippen molar-refractivity contribution in [3.8, 4) is 0 Å². The van der Waals surface area contributed by atoms with Crippen LogP contribution in [0.4, 0.5) is 0 Å². The second-order valence-corrected chi connectivity index (χ2v) is 14.6. The van der Waals surface area contributed by atoms with E-state index in [4.69, 9.17) is 4.18 Å². The van der Waals surface area contributed by atoms with Gasteiger partial charge in [-0.05, 0) is 48.6 Å². The zero-order chi connectivity index (χ0) is 24.9. The molecule has 0 aromatic carbocycles. The average molecular weight is 533 g/mol. The molecule has 0 heterocycles. The van der Waals surface area contributed by atoms with Crippen molar-refractivity contribution in [2.75, 3.05) is 38.5 Å². The van der Waals surface area contributed by atoms with Crippen molar-refractivity contribution in [3.05, 3.63) is 0 Å². The Bertz CT molecular complexity index is 533. The lowest BCUT2D eigenvalue weighted by Crippen LogP contribution is -2.22. The van der Waals surface area contributed by atoms with Gasteiger partial charge in [0.2, 0.25) is 0 Å². The van der Waals surface area contributed by atoms with E-state index in [1.165, 1.54) is 122 Å². The number of unbranched alkanes of at least 4 members (excludes halogenated alkanes) is 8. The van der Waals surface area contributed by atoms with Gasteiger partial charge in [0.1, 0.15) is 0 Å². The predicted octanol–water partition coefficient (Wildman–Crippen LogP) is 7.22. The molecule has 2 saturated carbocycles. The van der Waals surface area contributed by atoms with Gasteiger partial charge in [0.15, 0.2) is 0 Å². The molecule has 0 aromatic heterocycles. The van der Waals surface area contributed by atoms with E-state index in [0.717, 1.165) is 42.1 Å². The molecule has 0 unspecified atom stereocenters. The van der Waals surface area contributed by atoms with Gasteiger partial charge < -0.3 is 10.6 Å². The molecule has 2 N–H and O–H groups in total. The van der Waals surface area contributed by atoms with Crippen molar-refractivity contribution in [1.82, 2.24) is 10.6 Å². The summed E-state index contributed by atoms with van der Waals surface area (Å²) >= 11 is 0. The zero-order valence-electron chi connectivity index (χ0n) is 22.6. The Balaban J connectivity index is 1.25. The third kappa shape index (κ3) is 18.1. The van der Waals surface area contributed by atoms with E-state index in [-0.39, 0.29) is 6.61 Å². The summed E-state index contributed by atoms with van der Waals surface area (Å²) in [6.07, 6.45) is 27.7. The van der Waals surface area contributed by atoms with Gasteiger partial charge in [0.25, 0.3) is 0 Å². The second kappa shape index (κ2) is 21.2. The lowest BCUT2D eigenvalue weighted by atomic mass is 9.99. The van der Waals surface area contributed by atoms with Crippen molar-refractivity contribution in [3.63, 3.8) is 0 Å². The fourth-order valence-electron chi connectivity index (χ4n) is 5.74. The van der Waals surface area contributed by atoms with Gasteiger partial charge in [-0.1, -0.05) is 116 Å². The van der Waals surface area contributed by atoms with Crippen molar-refractivity contribution < 1.29 is 12.6 Å². The summed E-state index contributed by atoms with van der Waals surface area (Å²) in [6.45, 7) is 3.47. The van der Waals surface area contributed by atoms with Gasteiger partial charge in [0.05, 0.1) is 6.61 Å². The number of hydrogen-bond acceptors (Lipinski definition) is 6. The Morgan fingerprint density at radius 2 is 1.06 bits per heavy atom. The van der Waals surface area contributed by atoms with Crippen LogP contribution in [-0.2, 0) is 13.3 Å². The quantitative estimate of drug-likeness (QED) is 0.101. The third-order valence-corrected chi connectivity index (χ3v) is 10.7. The first-order valence-electron chi connectivity index (χ1n) is 15.1. The van der Waals surface area contributed by atoms with Crippen LogP contribution in [-0.4, -0.2) is 47.0 Å². The van der Waals surface area contributed by atoms with Gasteiger partial charge in [-0.3, -0.25) is 4.18 Å². The van der Waals surface area contributed by atoms with Crippen LogP contribution in [0.25, 0.3) is 0 Å². The number of rotatable bonds is 24. The topological polar surface area (TPSA) is 67.4 Å². The molecule has 35 heavy (non-hydrogen) atoms. The molecular weight excluding hydrogens is 476 g/mol. The molecule has 0 bridgehead atoms. The van der Waals surface area contributed by atoms with E-state index in [9.17, 15) is 8.42 Å². The fraction of sp³-hybridized carbons (Fsp3) is 1.00. The SMILES string of the molecule is O=S(=O)(OCCNCCCCCCCC1CCCC1)SCCNCCCCCCCC1CCCC1. The summed E-state index contributed by atoms with van der Waals surface area (Å²) in [5.41, 5.74) is 0. The van der Waals surface area contributed by atoms with Crippen LogP contribution in [0, 0.1) is 11.8 Å². The highest BCUT2D eigenvalue weighted by atomic mass is 33.1. The molecule has 0 aliphatic heterocycles. The van der Waals surface area contributed by atoms with Crippen molar-refractivity contribution in [2.45, 2.75) is 128 Å². The molecule has 2 fully saturated rings. The molecule has 7 heteroatoms. The molecule has 0 aromatic rings. The van der Waals surface area contributed by atoms with Crippen molar-refractivity contribution in [1.29, 1.82) is 0 Å². The molecule has 0 spiro atoms. The minimum Gasteiger partial charge on any atom is -0.316 e. The van der Waals surface area contributed by atoms with Gasteiger partial charge in [0, 0.05) is 18.8 Å². The highest BCUT2D eigenvalue weighted by Crippen LogP contribution is 2.30. The molecule has 208 valence electrons. The molecule has 0 radical (unpaired) electrons. The summed E-state index contributed by atoms with van der Waals surface area (Å²) in [5.74, 6) is 2.59. The van der Waals surface area contributed by atoms with Crippen LogP contribution in [0.1, 0.15) is 128 Å². The maximum Gasteiger partial charge on any atom is 0.322 e. The van der Waals surface area contributed by atoms with E-state index in [0.29, 0.717) is 18.8 Å². The minimum atomic E-state index is -3.47. The Kier molecular flexibility index (Phi) is 19.0. The van der Waals surface area contributed by atoms with E-state index in [1.54, 1.807) is 0 Å². The summed E-state index contributed by atoms with van der Waals surface area (Å²) in [7, 11) is -2.56. The first kappa shape index (κ1) is 31.4. The average Bonchev–Trinajstić information content (AvgIpc) is 3.55. The van der Waals surface area contributed by atoms with E-state index < -0.39 is 9.15 Å². The maximum atomic E-state index is 12.0. The molecule has 2 rings (SSSR count). The van der Waals surface area contributed by atoms with Gasteiger partial charge in [-0.15, -0.1) is 0 Å². The summed E-state index contributed by atoms with van der Waals surface area (Å²) in [6, 6.07) is 0. The minimum absolute atomic E-state index is 0.227. The molecule has 2 aliphatic rings. The molecule has 0 amide bonds. The van der Waals surface area contributed by atoms with E-state index >= 15 is 0 Å². The highest BCUT2D eigenvalue weighted by Gasteiger charge is 2.15. The molecule has 2 aliphatic carbocycles. The van der Waals surface area contributed by atoms with Crippen LogP contribution in [0.15, 0.2) is 0 Å². The fourth-order valence-corrected chi connectivity index (χ4v) is 7.80. The monoisotopic (exact) mass is 532 g/mol. The van der Waals surface area contributed by atoms with Gasteiger partial charge in [-0.25, -0.2) is 0 Å². The first-order valence-corrected chi connectivity index (χ1v) is 18.0. The van der Waals surface area contributed by atoms with Gasteiger partial charge >= 0.3 is 9.15 Å². The lowest BCUT2D eigenvalue weighted by molar-refractivity contribution is 0.325. The highest BCUT2D eigenvalue weighted by molar-refractivity contribution is 8.70. The Labute approximate surface area is 221 Å². The number of hydrogen-bond donors (Lipinski definition) is 2. The van der Waals surface area contributed by atoms with Crippen LogP contribution in [0.5, 0.6) is 0 Å². The second-order valence-electron chi connectivity index (χ2n) is 11.0. The molecule has 0 saturated heterocycles. The van der Waals surface area contributed by atoms with E-state index in [1.807, 2.05) is 0 Å². The van der Waals surface area contributed by atoms with Crippen LogP contribution >= 0.6 is 10.8 Å². The Hall–Kier alpha value is 0.180.